The molecule has 34 heavy (non-hydrogen) atoms. The predicted molar refractivity (Wildman–Crippen MR) is 125 cm³/mol. The van der Waals surface area contributed by atoms with Gasteiger partial charge in [0, 0.05) is 0 Å². The summed E-state index contributed by atoms with van der Waals surface area (Å²) in [7, 11) is -4.19. The number of aliphatic hydroxyl groups is 1. The van der Waals surface area contributed by atoms with E-state index in [2.05, 4.69) is 0 Å². The Kier molecular flexibility index (Phi) is 8.10. The van der Waals surface area contributed by atoms with Crippen LogP contribution in [0.4, 0.5) is 0 Å². The van der Waals surface area contributed by atoms with Crippen molar-refractivity contribution in [3.63, 3.8) is 0 Å². The molecule has 180 valence electrons. The summed E-state index contributed by atoms with van der Waals surface area (Å²) in [6.07, 6.45) is -4.37. The first-order chi connectivity index (χ1) is 16.4. The van der Waals surface area contributed by atoms with E-state index in [1.807, 2.05) is 67.6 Å². The number of ether oxygens (including phenoxy) is 3. The molecule has 0 aliphatic carbocycles. The van der Waals surface area contributed by atoms with Crippen molar-refractivity contribution in [2.75, 3.05) is 6.61 Å². The Morgan fingerprint density at radius 3 is 1.97 bits per heavy atom. The molecule has 1 aliphatic heterocycles. The lowest BCUT2D eigenvalue weighted by Gasteiger charge is -2.39. The van der Waals surface area contributed by atoms with Gasteiger partial charge >= 0.3 is 0 Å². The molecular formula is C26H28O7S. The Balaban J connectivity index is 1.55. The second-order valence-electron chi connectivity index (χ2n) is 8.15. The lowest BCUT2D eigenvalue weighted by Crippen LogP contribution is -2.56. The number of aliphatic hydroxyl groups excluding tert-OH is 1. The van der Waals surface area contributed by atoms with E-state index in [0.717, 1.165) is 16.7 Å². The SMILES string of the molecule is Cc1ccc(S(=O)(=O)O[C@@H]2[C@@H](OCc3ccccc3)[C@H](OCc3ccccc3)CO[C@H]2O)cc1. The second kappa shape index (κ2) is 11.2. The minimum absolute atomic E-state index is 0.0144. The molecule has 3 aromatic carbocycles. The summed E-state index contributed by atoms with van der Waals surface area (Å²) in [6.45, 7) is 2.34. The van der Waals surface area contributed by atoms with Crippen LogP contribution in [0.2, 0.25) is 0 Å². The third-order valence-corrected chi connectivity index (χ3v) is 6.87. The zero-order valence-corrected chi connectivity index (χ0v) is 19.6. The van der Waals surface area contributed by atoms with Crippen molar-refractivity contribution in [3.05, 3.63) is 102 Å². The van der Waals surface area contributed by atoms with Gasteiger partial charge < -0.3 is 19.3 Å². The van der Waals surface area contributed by atoms with E-state index in [9.17, 15) is 13.5 Å². The van der Waals surface area contributed by atoms with Crippen molar-refractivity contribution in [2.45, 2.75) is 49.6 Å². The lowest BCUT2D eigenvalue weighted by atomic mass is 10.0. The highest BCUT2D eigenvalue weighted by Gasteiger charge is 2.45. The van der Waals surface area contributed by atoms with Crippen molar-refractivity contribution in [2.24, 2.45) is 0 Å². The van der Waals surface area contributed by atoms with Gasteiger partial charge in [0.25, 0.3) is 10.1 Å². The first-order valence-electron chi connectivity index (χ1n) is 11.0. The maximum Gasteiger partial charge on any atom is 0.297 e. The van der Waals surface area contributed by atoms with Gasteiger partial charge in [0.1, 0.15) is 12.2 Å². The number of hydrogen-bond donors (Lipinski definition) is 1. The topological polar surface area (TPSA) is 91.3 Å². The fourth-order valence-electron chi connectivity index (χ4n) is 3.66. The third-order valence-electron chi connectivity index (χ3n) is 5.54. The largest absolute Gasteiger partial charge is 0.368 e. The van der Waals surface area contributed by atoms with E-state index in [4.69, 9.17) is 18.4 Å². The Hall–Kier alpha value is -2.59. The molecule has 4 atom stereocenters. The van der Waals surface area contributed by atoms with E-state index in [1.54, 1.807) is 12.1 Å². The van der Waals surface area contributed by atoms with Crippen LogP contribution in [0, 0.1) is 6.92 Å². The molecule has 0 amide bonds. The molecule has 3 aromatic rings. The van der Waals surface area contributed by atoms with Crippen molar-refractivity contribution >= 4 is 10.1 Å². The van der Waals surface area contributed by atoms with E-state index < -0.39 is 34.7 Å². The van der Waals surface area contributed by atoms with Crippen molar-refractivity contribution in [3.8, 4) is 0 Å². The number of hydrogen-bond acceptors (Lipinski definition) is 7. The monoisotopic (exact) mass is 484 g/mol. The summed E-state index contributed by atoms with van der Waals surface area (Å²) in [5.41, 5.74) is 2.75. The smallest absolute Gasteiger partial charge is 0.297 e. The van der Waals surface area contributed by atoms with E-state index in [0.29, 0.717) is 0 Å². The fourth-order valence-corrected chi connectivity index (χ4v) is 4.73. The van der Waals surface area contributed by atoms with Crippen molar-refractivity contribution in [1.29, 1.82) is 0 Å². The molecule has 7 nitrogen and oxygen atoms in total. The quantitative estimate of drug-likeness (QED) is 0.464. The third kappa shape index (κ3) is 6.29. The summed E-state index contributed by atoms with van der Waals surface area (Å²) < 4.78 is 49.0. The first kappa shape index (κ1) is 24.5. The summed E-state index contributed by atoms with van der Waals surface area (Å²) in [5, 5.41) is 10.5. The molecule has 1 saturated heterocycles. The molecule has 0 radical (unpaired) electrons. The molecule has 0 spiro atoms. The normalized spacial score (nSPS) is 23.0. The molecule has 1 heterocycles. The highest BCUT2D eigenvalue weighted by molar-refractivity contribution is 7.86. The Morgan fingerprint density at radius 1 is 0.824 bits per heavy atom. The minimum Gasteiger partial charge on any atom is -0.368 e. The van der Waals surface area contributed by atoms with Crippen LogP contribution in [0.1, 0.15) is 16.7 Å². The van der Waals surface area contributed by atoms with Crippen molar-refractivity contribution in [1.82, 2.24) is 0 Å². The van der Waals surface area contributed by atoms with Gasteiger partial charge in [-0.15, -0.1) is 0 Å². The number of rotatable bonds is 9. The minimum atomic E-state index is -4.19. The summed E-state index contributed by atoms with van der Waals surface area (Å²) >= 11 is 0. The van der Waals surface area contributed by atoms with Crippen LogP contribution in [-0.2, 0) is 41.7 Å². The second-order valence-corrected chi connectivity index (χ2v) is 9.72. The average Bonchev–Trinajstić information content (AvgIpc) is 2.85. The van der Waals surface area contributed by atoms with Crippen LogP contribution in [0.25, 0.3) is 0 Å². The summed E-state index contributed by atoms with van der Waals surface area (Å²) in [5.74, 6) is 0. The van der Waals surface area contributed by atoms with Crippen LogP contribution in [0.15, 0.2) is 89.8 Å². The molecule has 0 saturated carbocycles. The Labute approximate surface area is 200 Å². The Bertz CT molecular complexity index is 1130. The molecule has 1 N–H and O–H groups in total. The van der Waals surface area contributed by atoms with Gasteiger partial charge in [-0.3, -0.25) is 4.18 Å². The highest BCUT2D eigenvalue weighted by atomic mass is 32.2. The van der Waals surface area contributed by atoms with Crippen LogP contribution < -0.4 is 0 Å². The summed E-state index contributed by atoms with van der Waals surface area (Å²) in [4.78, 5) is -0.0144. The Morgan fingerprint density at radius 2 is 1.38 bits per heavy atom. The first-order valence-corrected chi connectivity index (χ1v) is 12.4. The van der Waals surface area contributed by atoms with E-state index in [1.165, 1.54) is 12.1 Å². The van der Waals surface area contributed by atoms with E-state index >= 15 is 0 Å². The van der Waals surface area contributed by atoms with Crippen LogP contribution in [0.3, 0.4) is 0 Å². The van der Waals surface area contributed by atoms with Gasteiger partial charge in [-0.1, -0.05) is 78.4 Å². The lowest BCUT2D eigenvalue weighted by molar-refractivity contribution is -0.266. The standard InChI is InChI=1S/C26H28O7S/c1-19-12-14-22(15-13-19)34(28,29)33-25-24(31-17-21-10-6-3-7-11-21)23(18-32-26(25)27)30-16-20-8-4-2-5-9-20/h2-15,23-27H,16-18H2,1H3/t23-,24+,25-,26-/m1/s1. The number of benzene rings is 3. The maximum atomic E-state index is 13.0. The molecule has 4 rings (SSSR count). The van der Waals surface area contributed by atoms with E-state index in [-0.39, 0.29) is 24.7 Å². The molecule has 0 aromatic heterocycles. The zero-order chi connectivity index (χ0) is 24.0. The molecule has 1 fully saturated rings. The van der Waals surface area contributed by atoms with Crippen LogP contribution in [0.5, 0.6) is 0 Å². The number of aryl methyl sites for hydroxylation is 1. The van der Waals surface area contributed by atoms with Crippen molar-refractivity contribution < 1.29 is 31.9 Å². The van der Waals surface area contributed by atoms with Gasteiger partial charge in [0.2, 0.25) is 0 Å². The maximum absolute atomic E-state index is 13.0. The molecule has 0 unspecified atom stereocenters. The highest BCUT2D eigenvalue weighted by Crippen LogP contribution is 2.28. The molecule has 8 heteroatoms. The summed E-state index contributed by atoms with van der Waals surface area (Å²) in [6, 6.07) is 25.3. The average molecular weight is 485 g/mol. The predicted octanol–water partition coefficient (Wildman–Crippen LogP) is 3.59. The van der Waals surface area contributed by atoms with Crippen LogP contribution in [-0.4, -0.2) is 44.7 Å². The van der Waals surface area contributed by atoms with Crippen LogP contribution >= 0.6 is 0 Å². The molecule has 0 bridgehead atoms. The van der Waals surface area contributed by atoms with Gasteiger partial charge in [-0.05, 0) is 30.2 Å². The van der Waals surface area contributed by atoms with Gasteiger partial charge in [0.15, 0.2) is 12.4 Å². The zero-order valence-electron chi connectivity index (χ0n) is 18.8. The molecular weight excluding hydrogens is 456 g/mol. The van der Waals surface area contributed by atoms with Gasteiger partial charge in [0.05, 0.1) is 24.7 Å². The van der Waals surface area contributed by atoms with Gasteiger partial charge in [-0.2, -0.15) is 8.42 Å². The molecule has 1 aliphatic rings. The van der Waals surface area contributed by atoms with Gasteiger partial charge in [-0.25, -0.2) is 0 Å². The fraction of sp³-hybridized carbons (Fsp3) is 0.308.